The third kappa shape index (κ3) is 8.32. The maximum Gasteiger partial charge on any atom is 0.222 e. The molecule has 0 saturated carbocycles. The lowest BCUT2D eigenvalue weighted by atomic mass is 9.88. The van der Waals surface area contributed by atoms with E-state index >= 15 is 0 Å². The van der Waals surface area contributed by atoms with E-state index < -0.39 is 6.10 Å². The van der Waals surface area contributed by atoms with Gasteiger partial charge in [0.25, 0.3) is 0 Å². The number of amides is 1. The van der Waals surface area contributed by atoms with Gasteiger partial charge in [0.15, 0.2) is 0 Å². The van der Waals surface area contributed by atoms with Gasteiger partial charge in [-0.15, -0.1) is 0 Å². The van der Waals surface area contributed by atoms with Crippen LogP contribution in [0.3, 0.4) is 0 Å². The summed E-state index contributed by atoms with van der Waals surface area (Å²) in [5, 5.41) is 10.6. The topological polar surface area (TPSA) is 94.6 Å². The van der Waals surface area contributed by atoms with Crippen molar-refractivity contribution in [3.8, 4) is 16.9 Å². The van der Waals surface area contributed by atoms with Crippen LogP contribution in [0, 0.1) is 0 Å². The van der Waals surface area contributed by atoms with Crippen LogP contribution in [0.4, 0.5) is 0 Å². The van der Waals surface area contributed by atoms with E-state index in [2.05, 4.69) is 74.5 Å². The van der Waals surface area contributed by atoms with Gasteiger partial charge in [-0.3, -0.25) is 19.7 Å². The molecule has 1 unspecified atom stereocenters. The summed E-state index contributed by atoms with van der Waals surface area (Å²) < 4.78 is 6.59. The number of ether oxygens (including phenoxy) is 1. The zero-order valence-corrected chi connectivity index (χ0v) is 29.6. The average molecular weight is 672 g/mol. The Kier molecular flexibility index (Phi) is 11.7. The Morgan fingerprint density at radius 3 is 2.48 bits per heavy atom. The normalized spacial score (nSPS) is 15.1. The summed E-state index contributed by atoms with van der Waals surface area (Å²) >= 11 is 0. The number of aliphatic hydroxyl groups excluding tert-OH is 1. The number of aliphatic hydroxyl groups is 1. The molecule has 2 aliphatic rings. The lowest BCUT2D eigenvalue weighted by Gasteiger charge is -2.35. The third-order valence-corrected chi connectivity index (χ3v) is 9.60. The van der Waals surface area contributed by atoms with Crippen molar-refractivity contribution in [2.24, 2.45) is 0 Å². The number of pyridine rings is 2. The molecule has 1 amide bonds. The number of aryl methyl sites for hydroxylation is 1. The van der Waals surface area contributed by atoms with Crippen LogP contribution in [0.25, 0.3) is 27.6 Å². The van der Waals surface area contributed by atoms with Crippen molar-refractivity contribution in [3.05, 3.63) is 119 Å². The Hall–Kier alpha value is -4.79. The Bertz CT molecular complexity index is 1900. The highest BCUT2D eigenvalue weighted by Crippen LogP contribution is 2.36. The monoisotopic (exact) mass is 671 g/mol. The van der Waals surface area contributed by atoms with Gasteiger partial charge in [-0.25, -0.2) is 0 Å². The van der Waals surface area contributed by atoms with E-state index in [0.717, 1.165) is 66.7 Å². The summed E-state index contributed by atoms with van der Waals surface area (Å²) in [5.74, 6) is 0.990. The lowest BCUT2D eigenvalue weighted by Crippen LogP contribution is -2.48. The molecule has 2 aromatic carbocycles. The van der Waals surface area contributed by atoms with Crippen LogP contribution in [0.1, 0.15) is 67.9 Å². The minimum Gasteiger partial charge on any atom is -0.493 e. The fraction of sp³-hybridized carbons (Fsp3) is 0.357. The zero-order valence-electron chi connectivity index (χ0n) is 29.6. The number of nitrogens with zero attached hydrogens (tertiary/aromatic N) is 4. The van der Waals surface area contributed by atoms with E-state index in [1.54, 1.807) is 13.1 Å². The molecule has 8 nitrogen and oxygen atoms in total. The Labute approximate surface area is 295 Å². The predicted molar refractivity (Wildman–Crippen MR) is 201 cm³/mol. The number of carbonyl (C=O) groups is 1. The first-order valence-electron chi connectivity index (χ1n) is 18.1. The average Bonchev–Trinajstić information content (AvgIpc) is 3.59. The number of aromatic nitrogens is 3. The van der Waals surface area contributed by atoms with Gasteiger partial charge in [0.05, 0.1) is 12.7 Å². The molecule has 0 radical (unpaired) electrons. The van der Waals surface area contributed by atoms with Crippen LogP contribution >= 0.6 is 0 Å². The molecule has 4 heterocycles. The number of aromatic amines is 1. The van der Waals surface area contributed by atoms with E-state index in [4.69, 9.17) is 4.74 Å². The summed E-state index contributed by atoms with van der Waals surface area (Å²) in [6, 6.07) is 19.5. The zero-order chi connectivity index (χ0) is 34.9. The number of rotatable bonds is 11. The number of benzene rings is 2. The van der Waals surface area contributed by atoms with Crippen LogP contribution in [0.5, 0.6) is 5.75 Å². The fourth-order valence-corrected chi connectivity index (χ4v) is 6.87. The molecule has 1 saturated heterocycles. The van der Waals surface area contributed by atoms with Crippen LogP contribution in [-0.2, 0) is 24.2 Å². The minimum atomic E-state index is -0.448. The first kappa shape index (κ1) is 35.1. The molecule has 1 fully saturated rings. The molecule has 7 rings (SSSR count). The Morgan fingerprint density at radius 1 is 0.920 bits per heavy atom. The van der Waals surface area contributed by atoms with Crippen LogP contribution in [-0.4, -0.2) is 74.7 Å². The summed E-state index contributed by atoms with van der Waals surface area (Å²) in [4.78, 5) is 29.0. The van der Waals surface area contributed by atoms with Crippen LogP contribution in [0.2, 0.25) is 0 Å². The fourth-order valence-electron chi connectivity index (χ4n) is 6.87. The van der Waals surface area contributed by atoms with E-state index in [-0.39, 0.29) is 5.91 Å². The third-order valence-electron chi connectivity index (χ3n) is 9.60. The molecule has 5 aromatic rings. The molecule has 1 aliphatic heterocycles. The molecule has 0 spiro atoms. The Morgan fingerprint density at radius 2 is 1.68 bits per heavy atom. The number of H-pyrrole nitrogens is 1. The maximum absolute atomic E-state index is 12.6. The number of nitrogens with one attached hydrogen (secondary N) is 1. The van der Waals surface area contributed by atoms with Gasteiger partial charge in [-0.05, 0) is 72.2 Å². The van der Waals surface area contributed by atoms with Crippen molar-refractivity contribution in [2.75, 3.05) is 32.8 Å². The Balaban J connectivity index is 0.00000212. The SMILES string of the molecule is CC.CC(O)CCC(=O)N1CCN(Cc2ccc(-c3c[nH]c4ccncc34)c(OCCc3ccc(C4=CCCc5ccncc54)cc3)c2)CC1. The van der Waals surface area contributed by atoms with Gasteiger partial charge in [-0.1, -0.05) is 56.3 Å². The van der Waals surface area contributed by atoms with Crippen LogP contribution in [0.15, 0.2) is 91.7 Å². The summed E-state index contributed by atoms with van der Waals surface area (Å²) in [5.41, 5.74) is 10.7. The number of hydrogen-bond donors (Lipinski definition) is 2. The van der Waals surface area contributed by atoms with Gasteiger partial charge in [0.1, 0.15) is 5.75 Å². The molecule has 50 heavy (non-hydrogen) atoms. The summed E-state index contributed by atoms with van der Waals surface area (Å²) in [7, 11) is 0. The second-order valence-corrected chi connectivity index (χ2v) is 13.0. The molecule has 1 aliphatic carbocycles. The smallest absolute Gasteiger partial charge is 0.222 e. The molecule has 2 N–H and O–H groups in total. The highest BCUT2D eigenvalue weighted by molar-refractivity contribution is 5.96. The molecule has 260 valence electrons. The number of carbonyl (C=O) groups excluding carboxylic acids is 1. The van der Waals surface area contributed by atoms with Gasteiger partial charge in [-0.2, -0.15) is 0 Å². The molecule has 0 bridgehead atoms. The van der Waals surface area contributed by atoms with Crippen molar-refractivity contribution < 1.29 is 14.6 Å². The first-order chi connectivity index (χ1) is 24.5. The number of fused-ring (bicyclic) bond motifs is 2. The minimum absolute atomic E-state index is 0.132. The molecular weight excluding hydrogens is 622 g/mol. The van der Waals surface area contributed by atoms with Crippen molar-refractivity contribution >= 4 is 22.4 Å². The largest absolute Gasteiger partial charge is 0.493 e. The van der Waals surface area contributed by atoms with E-state index in [1.807, 2.05) is 49.6 Å². The second kappa shape index (κ2) is 16.7. The van der Waals surface area contributed by atoms with Crippen molar-refractivity contribution in [1.82, 2.24) is 24.8 Å². The van der Waals surface area contributed by atoms with Gasteiger partial charge in [0, 0.05) is 104 Å². The van der Waals surface area contributed by atoms with Gasteiger partial charge >= 0.3 is 0 Å². The van der Waals surface area contributed by atoms with E-state index in [0.29, 0.717) is 32.5 Å². The summed E-state index contributed by atoms with van der Waals surface area (Å²) in [6.07, 6.45) is 15.3. The molecule has 1 atom stereocenters. The second-order valence-electron chi connectivity index (χ2n) is 13.0. The van der Waals surface area contributed by atoms with Crippen molar-refractivity contribution in [3.63, 3.8) is 0 Å². The van der Waals surface area contributed by atoms with Gasteiger partial charge < -0.3 is 19.7 Å². The van der Waals surface area contributed by atoms with E-state index in [9.17, 15) is 9.90 Å². The molecule has 3 aromatic heterocycles. The standard InChI is InChI=1S/C40H43N5O3.C2H6/c1-28(46)5-12-40(47)45-20-18-44(19-21-45)27-30-8-11-34(36-26-43-38-14-17-42-25-37(36)38)39(23-30)48-22-15-29-6-9-32(10-7-29)33-4-2-3-31-13-16-41-24-35(31)33;1-2/h4,6-11,13-14,16-17,23-26,28,43,46H,2-3,5,12,15,18-22,27H2,1H3;1-2H3. The maximum atomic E-state index is 12.6. The quantitative estimate of drug-likeness (QED) is 0.152. The number of hydrogen-bond acceptors (Lipinski definition) is 6. The van der Waals surface area contributed by atoms with Crippen LogP contribution < -0.4 is 4.74 Å². The first-order valence-corrected chi connectivity index (χ1v) is 18.1. The highest BCUT2D eigenvalue weighted by Gasteiger charge is 2.22. The molecular formula is C42H49N5O3. The highest BCUT2D eigenvalue weighted by atomic mass is 16.5. The van der Waals surface area contributed by atoms with Crippen molar-refractivity contribution in [2.45, 2.75) is 65.5 Å². The van der Waals surface area contributed by atoms with Crippen molar-refractivity contribution in [1.29, 1.82) is 0 Å². The number of piperazine rings is 1. The predicted octanol–water partition coefficient (Wildman–Crippen LogP) is 7.46. The van der Waals surface area contributed by atoms with E-state index in [1.165, 1.54) is 33.4 Å². The number of allylic oxidation sites excluding steroid dienone is 1. The molecule has 8 heteroatoms. The van der Waals surface area contributed by atoms with Gasteiger partial charge in [0.2, 0.25) is 5.91 Å². The summed E-state index contributed by atoms with van der Waals surface area (Å²) in [6.45, 7) is 10.1. The lowest BCUT2D eigenvalue weighted by molar-refractivity contribution is -0.133.